The molecule has 292 valence electrons. The first kappa shape index (κ1) is 43.7. The van der Waals surface area contributed by atoms with Crippen LogP contribution in [0.1, 0.15) is 169 Å². The van der Waals surface area contributed by atoms with Gasteiger partial charge in [-0.1, -0.05) is 89.9 Å². The summed E-state index contributed by atoms with van der Waals surface area (Å²) in [7, 11) is 0. The molecule has 0 aliphatic heterocycles. The van der Waals surface area contributed by atoms with Gasteiger partial charge in [-0.3, -0.25) is 0 Å². The third-order valence-electron chi connectivity index (χ3n) is 15.5. The van der Waals surface area contributed by atoms with Crippen molar-refractivity contribution in [1.29, 1.82) is 0 Å². The van der Waals surface area contributed by atoms with Crippen LogP contribution in [0.4, 0.5) is 0 Å². The first-order valence-corrected chi connectivity index (χ1v) is 21.3. The topological polar surface area (TPSA) is 115 Å². The van der Waals surface area contributed by atoms with E-state index in [-0.39, 0.29) is 50.7 Å². The summed E-state index contributed by atoms with van der Waals surface area (Å²) in [5.41, 5.74) is 1.42. The number of halogens is 2. The molecular formula is C45H62Cl2NaO6+. The van der Waals surface area contributed by atoms with E-state index in [1.807, 2.05) is 0 Å². The first-order valence-electron chi connectivity index (χ1n) is 20.6. The molecule has 4 fully saturated rings. The van der Waals surface area contributed by atoms with E-state index in [0.29, 0.717) is 34.3 Å². The number of benzene rings is 2. The zero-order chi connectivity index (χ0) is 38.4. The molecule has 9 atom stereocenters. The summed E-state index contributed by atoms with van der Waals surface area (Å²) in [4.78, 5) is 24.0. The smallest absolute Gasteiger partial charge is 0.505 e. The van der Waals surface area contributed by atoms with Crippen LogP contribution in [0.2, 0.25) is 10.0 Å². The first-order chi connectivity index (χ1) is 25.0. The molecule has 2 aromatic carbocycles. The Bertz CT molecular complexity index is 1610. The standard InChI is InChI=1S/C45H62Cl2O6.Na/c1-25(2)8-6-9-26(3)35-14-15-36-32-13-12-30-20-27(16-18-44(30,4)37(32)17-19-45(35,36)5)10-7-11-31(28-21-33(42(50)51)40(48)38(46)23-28)29-22-34(43(52)53)41(49)39(47)24-29;/h21-27,30-32,35-37,48-49H,6-20H2,1-5H3,(H,50,51)(H,52,53);/q;+1/t26?,27-,30?,32?,35+,36?,37?,44-,45+;/m0./s1. The number of phenols is 2. The summed E-state index contributed by atoms with van der Waals surface area (Å²) >= 11 is 12.7. The molecule has 9 heteroatoms. The second-order valence-electron chi connectivity index (χ2n) is 18.7. The molecule has 0 saturated heterocycles. The summed E-state index contributed by atoms with van der Waals surface area (Å²) in [5, 5.41) is 40.1. The van der Waals surface area contributed by atoms with E-state index in [2.05, 4.69) is 34.6 Å². The molecule has 54 heavy (non-hydrogen) atoms. The molecule has 0 spiro atoms. The zero-order valence-electron chi connectivity index (χ0n) is 33.5. The van der Waals surface area contributed by atoms with E-state index in [0.717, 1.165) is 54.3 Å². The van der Waals surface area contributed by atoms with Crippen LogP contribution in [-0.2, 0) is 0 Å². The predicted octanol–water partition coefficient (Wildman–Crippen LogP) is 9.84. The summed E-state index contributed by atoms with van der Waals surface area (Å²) < 4.78 is 0. The predicted molar refractivity (Wildman–Crippen MR) is 212 cm³/mol. The number of hydrogen-bond donors (Lipinski definition) is 4. The Morgan fingerprint density at radius 1 is 0.741 bits per heavy atom. The minimum Gasteiger partial charge on any atom is -0.505 e. The molecule has 0 bridgehead atoms. The maximum atomic E-state index is 12.0. The van der Waals surface area contributed by atoms with Gasteiger partial charge in [0.15, 0.2) is 0 Å². The van der Waals surface area contributed by atoms with E-state index in [1.54, 1.807) is 12.1 Å². The van der Waals surface area contributed by atoms with Gasteiger partial charge < -0.3 is 20.4 Å². The summed E-state index contributed by atoms with van der Waals surface area (Å²) in [6.07, 6.45) is 18.8. The van der Waals surface area contributed by atoms with Crippen LogP contribution in [0.3, 0.4) is 0 Å². The molecule has 4 aliphatic rings. The SMILES string of the molecule is CC(C)CCCC(C)[C@H]1CCC2C3CCC4C[C@@H](CCCC(c5cc(Cl)c(O)c(C(=O)O)c5)c5cc(Cl)c(O)c(C(=O)O)c5)CC[C@]4(C)C3CC[C@@]21C.[Na+]. The monoisotopic (exact) mass is 791 g/mol. The number of rotatable bonds is 13. The Kier molecular flexibility index (Phi) is 14.2. The van der Waals surface area contributed by atoms with Gasteiger partial charge in [-0.2, -0.15) is 0 Å². The normalized spacial score (nSPS) is 31.0. The van der Waals surface area contributed by atoms with Crippen molar-refractivity contribution >= 4 is 35.1 Å². The zero-order valence-corrected chi connectivity index (χ0v) is 37.0. The van der Waals surface area contributed by atoms with E-state index < -0.39 is 29.4 Å². The van der Waals surface area contributed by atoms with Gasteiger partial charge in [-0.15, -0.1) is 0 Å². The van der Waals surface area contributed by atoms with E-state index >= 15 is 0 Å². The summed E-state index contributed by atoms with van der Waals surface area (Å²) in [6.45, 7) is 12.6. The number of carboxylic acids is 2. The summed E-state index contributed by atoms with van der Waals surface area (Å²) in [5.74, 6) is 2.42. The fourth-order valence-corrected chi connectivity index (χ4v) is 13.2. The molecule has 5 unspecified atom stereocenters. The maximum absolute atomic E-state index is 12.0. The average molecular weight is 793 g/mol. The minimum atomic E-state index is -1.30. The average Bonchev–Trinajstić information content (AvgIpc) is 3.46. The number of fused-ring (bicyclic) bond motifs is 5. The van der Waals surface area contributed by atoms with Crippen molar-refractivity contribution in [3.8, 4) is 11.5 Å². The van der Waals surface area contributed by atoms with Crippen molar-refractivity contribution in [1.82, 2.24) is 0 Å². The molecule has 0 aromatic heterocycles. The Morgan fingerprint density at radius 2 is 1.31 bits per heavy atom. The number of hydrogen-bond acceptors (Lipinski definition) is 4. The van der Waals surface area contributed by atoms with Gasteiger partial charge in [0.2, 0.25) is 0 Å². The van der Waals surface area contributed by atoms with Crippen molar-refractivity contribution in [3.05, 3.63) is 56.6 Å². The molecule has 6 rings (SSSR count). The van der Waals surface area contributed by atoms with E-state index in [1.165, 1.54) is 89.2 Å². The van der Waals surface area contributed by atoms with Crippen LogP contribution >= 0.6 is 23.2 Å². The number of aromatic hydroxyl groups is 2. The molecule has 2 aromatic rings. The van der Waals surface area contributed by atoms with Gasteiger partial charge in [0.05, 0.1) is 10.0 Å². The Morgan fingerprint density at radius 3 is 1.89 bits per heavy atom. The van der Waals surface area contributed by atoms with Gasteiger partial charge in [0.25, 0.3) is 0 Å². The molecular weight excluding hydrogens is 730 g/mol. The Labute approximate surface area is 355 Å². The Hall–Kier alpha value is -1.44. The van der Waals surface area contributed by atoms with Crippen molar-refractivity contribution < 1.29 is 59.6 Å². The fraction of sp³-hybridized carbons (Fsp3) is 0.689. The van der Waals surface area contributed by atoms with Gasteiger partial charge >= 0.3 is 41.5 Å². The minimum absolute atomic E-state index is 0. The van der Waals surface area contributed by atoms with E-state index in [4.69, 9.17) is 23.2 Å². The molecule has 4 N–H and O–H groups in total. The largest absolute Gasteiger partial charge is 1.00 e. The quantitative estimate of drug-likeness (QED) is 0.150. The fourth-order valence-electron chi connectivity index (χ4n) is 12.7. The number of carboxylic acid groups (broad SMARTS) is 2. The van der Waals surface area contributed by atoms with Crippen molar-refractivity contribution in [2.45, 2.75) is 137 Å². The number of carbonyl (C=O) groups is 2. The molecule has 0 heterocycles. The van der Waals surface area contributed by atoms with Crippen LogP contribution in [0.15, 0.2) is 24.3 Å². The van der Waals surface area contributed by atoms with Crippen LogP contribution in [0.25, 0.3) is 0 Å². The molecule has 0 amide bonds. The Balaban J connectivity index is 0.00000561. The number of aromatic carboxylic acids is 2. The van der Waals surface area contributed by atoms with Gasteiger partial charge in [-0.05, 0) is 158 Å². The molecule has 0 radical (unpaired) electrons. The van der Waals surface area contributed by atoms with Crippen LogP contribution < -0.4 is 29.6 Å². The van der Waals surface area contributed by atoms with Gasteiger partial charge in [-0.25, -0.2) is 9.59 Å². The van der Waals surface area contributed by atoms with Gasteiger partial charge in [0, 0.05) is 5.92 Å². The molecule has 6 nitrogen and oxygen atoms in total. The second-order valence-corrected chi connectivity index (χ2v) is 19.5. The van der Waals surface area contributed by atoms with Crippen molar-refractivity contribution in [2.75, 3.05) is 0 Å². The van der Waals surface area contributed by atoms with Crippen molar-refractivity contribution in [2.24, 2.45) is 58.2 Å². The molecule has 4 aliphatic carbocycles. The van der Waals surface area contributed by atoms with Crippen LogP contribution in [0, 0.1) is 58.2 Å². The second kappa shape index (κ2) is 17.6. The third kappa shape index (κ3) is 8.54. The van der Waals surface area contributed by atoms with Gasteiger partial charge in [0.1, 0.15) is 22.6 Å². The summed E-state index contributed by atoms with van der Waals surface area (Å²) in [6, 6.07) is 5.92. The van der Waals surface area contributed by atoms with Crippen LogP contribution in [-0.4, -0.2) is 32.4 Å². The maximum Gasteiger partial charge on any atom is 1.00 e. The van der Waals surface area contributed by atoms with Crippen LogP contribution in [0.5, 0.6) is 11.5 Å². The van der Waals surface area contributed by atoms with Crippen molar-refractivity contribution in [3.63, 3.8) is 0 Å². The third-order valence-corrected chi connectivity index (χ3v) is 16.1. The van der Waals surface area contributed by atoms with E-state index in [9.17, 15) is 30.0 Å². The molecule has 4 saturated carbocycles.